The Morgan fingerprint density at radius 2 is 2.17 bits per heavy atom. The molecule has 0 spiro atoms. The van der Waals surface area contributed by atoms with Crippen LogP contribution in [0.25, 0.3) is 11.4 Å². The van der Waals surface area contributed by atoms with Gasteiger partial charge in [-0.2, -0.15) is 5.10 Å². The number of hydrogen-bond acceptors (Lipinski definition) is 4. The fourth-order valence-corrected chi connectivity index (χ4v) is 2.01. The van der Waals surface area contributed by atoms with Gasteiger partial charge in [-0.25, -0.2) is 4.98 Å². The van der Waals surface area contributed by atoms with E-state index in [1.54, 1.807) is 7.11 Å². The molecule has 0 saturated heterocycles. The van der Waals surface area contributed by atoms with E-state index >= 15 is 0 Å². The van der Waals surface area contributed by atoms with Gasteiger partial charge in [0.15, 0.2) is 5.82 Å². The van der Waals surface area contributed by atoms with Crippen molar-refractivity contribution in [3.05, 3.63) is 28.0 Å². The van der Waals surface area contributed by atoms with E-state index in [1.165, 1.54) is 0 Å². The number of nitrogens with zero attached hydrogens (tertiary/aromatic N) is 2. The van der Waals surface area contributed by atoms with Crippen LogP contribution in [0.1, 0.15) is 17.0 Å². The van der Waals surface area contributed by atoms with E-state index in [1.807, 2.05) is 19.9 Å². The van der Waals surface area contributed by atoms with Gasteiger partial charge >= 0.3 is 0 Å². The Hall–Kier alpha value is -1.59. The number of H-pyrrole nitrogens is 1. The summed E-state index contributed by atoms with van der Waals surface area (Å²) in [6.45, 7) is 4.17. The highest BCUT2D eigenvalue weighted by Gasteiger charge is 2.17. The van der Waals surface area contributed by atoms with Gasteiger partial charge in [-0.05, 0) is 31.0 Å². The average Bonchev–Trinajstić information content (AvgIpc) is 2.83. The van der Waals surface area contributed by atoms with Gasteiger partial charge < -0.3 is 10.5 Å². The van der Waals surface area contributed by atoms with Crippen molar-refractivity contribution in [2.24, 2.45) is 5.73 Å². The van der Waals surface area contributed by atoms with Crippen LogP contribution < -0.4 is 10.5 Å². The van der Waals surface area contributed by atoms with Gasteiger partial charge in [-0.3, -0.25) is 5.10 Å². The van der Waals surface area contributed by atoms with Crippen LogP contribution in [0.3, 0.4) is 0 Å². The van der Waals surface area contributed by atoms with Crippen LogP contribution in [0.2, 0.25) is 5.02 Å². The summed E-state index contributed by atoms with van der Waals surface area (Å²) in [6, 6.07) is 1.88. The molecule has 0 unspecified atom stereocenters. The van der Waals surface area contributed by atoms with Crippen LogP contribution >= 0.6 is 11.6 Å². The van der Waals surface area contributed by atoms with Crippen molar-refractivity contribution in [3.63, 3.8) is 0 Å². The smallest absolute Gasteiger partial charge is 0.185 e. The predicted molar refractivity (Wildman–Crippen MR) is 70.7 cm³/mol. The molecule has 0 bridgehead atoms. The van der Waals surface area contributed by atoms with Gasteiger partial charge in [-0.1, -0.05) is 11.6 Å². The zero-order valence-corrected chi connectivity index (χ0v) is 11.3. The molecule has 2 rings (SSSR count). The fraction of sp³-hybridized carbons (Fsp3) is 0.333. The minimum absolute atomic E-state index is 0.313. The van der Waals surface area contributed by atoms with Gasteiger partial charge in [0.1, 0.15) is 11.6 Å². The Kier molecular flexibility index (Phi) is 3.54. The number of nitrogens with two attached hydrogens (primary N) is 1. The Labute approximate surface area is 110 Å². The number of nitrogens with one attached hydrogen (secondary N) is 1. The Bertz CT molecular complexity index is 580. The van der Waals surface area contributed by atoms with E-state index in [4.69, 9.17) is 22.1 Å². The average molecular weight is 267 g/mol. The minimum atomic E-state index is 0.313. The molecule has 18 heavy (non-hydrogen) atoms. The monoisotopic (exact) mass is 266 g/mol. The van der Waals surface area contributed by atoms with Crippen molar-refractivity contribution in [2.45, 2.75) is 20.4 Å². The quantitative estimate of drug-likeness (QED) is 0.893. The number of hydrogen-bond donors (Lipinski definition) is 2. The largest absolute Gasteiger partial charge is 0.496 e. The normalized spacial score (nSPS) is 10.7. The van der Waals surface area contributed by atoms with Gasteiger partial charge in [0.05, 0.1) is 19.2 Å². The highest BCUT2D eigenvalue weighted by molar-refractivity contribution is 6.32. The molecule has 0 aliphatic carbocycles. The zero-order chi connectivity index (χ0) is 13.3. The predicted octanol–water partition coefficient (Wildman–Crippen LogP) is 2.21. The van der Waals surface area contributed by atoms with Crippen molar-refractivity contribution >= 4 is 11.6 Å². The molecule has 0 amide bonds. The second kappa shape index (κ2) is 4.96. The van der Waals surface area contributed by atoms with Crippen molar-refractivity contribution in [2.75, 3.05) is 7.11 Å². The lowest BCUT2D eigenvalue weighted by molar-refractivity contribution is 0.415. The first-order chi connectivity index (χ1) is 8.58. The molecule has 5 nitrogen and oxygen atoms in total. The van der Waals surface area contributed by atoms with Gasteiger partial charge in [0.2, 0.25) is 0 Å². The maximum absolute atomic E-state index is 6.26. The van der Waals surface area contributed by atoms with Crippen LogP contribution in [0, 0.1) is 13.8 Å². The number of halogens is 1. The molecular weight excluding hydrogens is 252 g/mol. The van der Waals surface area contributed by atoms with Crippen LogP contribution in [0.4, 0.5) is 0 Å². The Morgan fingerprint density at radius 3 is 2.72 bits per heavy atom. The second-order valence-electron chi connectivity index (χ2n) is 4.02. The van der Waals surface area contributed by atoms with Crippen molar-refractivity contribution in [3.8, 4) is 17.1 Å². The summed E-state index contributed by atoms with van der Waals surface area (Å²) in [6.07, 6.45) is 0. The lowest BCUT2D eigenvalue weighted by Gasteiger charge is -2.12. The van der Waals surface area contributed by atoms with E-state index in [2.05, 4.69) is 15.2 Å². The molecule has 0 fully saturated rings. The van der Waals surface area contributed by atoms with Crippen molar-refractivity contribution < 1.29 is 4.74 Å². The van der Waals surface area contributed by atoms with E-state index in [0.717, 1.165) is 16.7 Å². The summed E-state index contributed by atoms with van der Waals surface area (Å²) >= 11 is 6.26. The number of aryl methyl sites for hydroxylation is 1. The maximum atomic E-state index is 6.26. The number of aromatic amines is 1. The highest BCUT2D eigenvalue weighted by atomic mass is 35.5. The SMILES string of the molecule is COc1cc(C)c(Cl)c(C)c1-c1n[nH]c(CN)n1. The molecule has 0 aliphatic heterocycles. The highest BCUT2D eigenvalue weighted by Crippen LogP contribution is 2.37. The Morgan fingerprint density at radius 1 is 1.44 bits per heavy atom. The summed E-state index contributed by atoms with van der Waals surface area (Å²) in [5.74, 6) is 1.88. The molecule has 0 radical (unpaired) electrons. The lowest BCUT2D eigenvalue weighted by atomic mass is 10.0. The topological polar surface area (TPSA) is 76.8 Å². The van der Waals surface area contributed by atoms with E-state index < -0.39 is 0 Å². The molecular formula is C12H15ClN4O. The molecule has 1 aromatic heterocycles. The molecule has 0 aliphatic rings. The lowest BCUT2D eigenvalue weighted by Crippen LogP contribution is -1.98. The molecule has 0 atom stereocenters. The van der Waals surface area contributed by atoms with E-state index in [-0.39, 0.29) is 0 Å². The first-order valence-corrected chi connectivity index (χ1v) is 5.91. The van der Waals surface area contributed by atoms with Gasteiger partial charge in [0, 0.05) is 5.02 Å². The first-order valence-electron chi connectivity index (χ1n) is 5.53. The summed E-state index contributed by atoms with van der Waals surface area (Å²) in [5.41, 5.74) is 8.17. The zero-order valence-electron chi connectivity index (χ0n) is 10.5. The van der Waals surface area contributed by atoms with Crippen molar-refractivity contribution in [1.82, 2.24) is 15.2 Å². The summed E-state index contributed by atoms with van der Waals surface area (Å²) in [4.78, 5) is 4.31. The van der Waals surface area contributed by atoms with E-state index in [0.29, 0.717) is 29.0 Å². The van der Waals surface area contributed by atoms with Gasteiger partial charge in [0.25, 0.3) is 0 Å². The Balaban J connectivity index is 2.65. The van der Waals surface area contributed by atoms with Crippen molar-refractivity contribution in [1.29, 1.82) is 0 Å². The molecule has 6 heteroatoms. The molecule has 1 aromatic carbocycles. The summed E-state index contributed by atoms with van der Waals surface area (Å²) in [7, 11) is 1.61. The minimum Gasteiger partial charge on any atom is -0.496 e. The molecule has 0 saturated carbocycles. The first kappa shape index (κ1) is 12.9. The maximum Gasteiger partial charge on any atom is 0.185 e. The summed E-state index contributed by atoms with van der Waals surface area (Å²) in [5, 5.41) is 7.62. The third-order valence-corrected chi connectivity index (χ3v) is 3.39. The van der Waals surface area contributed by atoms with Crippen LogP contribution in [-0.2, 0) is 6.54 Å². The molecule has 1 heterocycles. The molecule has 96 valence electrons. The third kappa shape index (κ3) is 2.07. The number of methoxy groups -OCH3 is 1. The standard InChI is InChI=1S/C12H15ClN4O/c1-6-4-8(18-3)10(7(2)11(6)13)12-15-9(5-14)16-17-12/h4H,5,14H2,1-3H3,(H,15,16,17). The second-order valence-corrected chi connectivity index (χ2v) is 4.40. The molecule has 2 aromatic rings. The fourth-order valence-electron chi connectivity index (χ4n) is 1.86. The number of ether oxygens (including phenoxy) is 1. The van der Waals surface area contributed by atoms with E-state index in [9.17, 15) is 0 Å². The van der Waals surface area contributed by atoms with Crippen LogP contribution in [0.15, 0.2) is 6.07 Å². The summed E-state index contributed by atoms with van der Waals surface area (Å²) < 4.78 is 5.38. The number of aromatic nitrogens is 3. The van der Waals surface area contributed by atoms with Crippen LogP contribution in [-0.4, -0.2) is 22.3 Å². The van der Waals surface area contributed by atoms with Gasteiger partial charge in [-0.15, -0.1) is 0 Å². The third-order valence-electron chi connectivity index (χ3n) is 2.81. The van der Waals surface area contributed by atoms with Crippen LogP contribution in [0.5, 0.6) is 5.75 Å². The number of benzene rings is 1. The number of rotatable bonds is 3. The molecule has 3 N–H and O–H groups in total.